The van der Waals surface area contributed by atoms with Gasteiger partial charge < -0.3 is 4.74 Å². The Bertz CT molecular complexity index is 570. The van der Waals surface area contributed by atoms with Gasteiger partial charge in [0.1, 0.15) is 11.4 Å². The second kappa shape index (κ2) is 4.42. The van der Waals surface area contributed by atoms with E-state index in [9.17, 15) is 0 Å². The summed E-state index contributed by atoms with van der Waals surface area (Å²) in [6.45, 7) is 3.81. The van der Waals surface area contributed by atoms with Crippen LogP contribution in [0.1, 0.15) is 20.3 Å². The zero-order valence-electron chi connectivity index (χ0n) is 9.97. The number of rotatable bonds is 3. The SMILES string of the molecule is CC(C)(CC#N)Oc1ccc2ncccc2c1. The number of nitrogens with zero attached hydrogens (tertiary/aromatic N) is 2. The topological polar surface area (TPSA) is 45.9 Å². The molecular formula is C14H14N2O. The van der Waals surface area contributed by atoms with Crippen molar-refractivity contribution in [2.45, 2.75) is 25.9 Å². The monoisotopic (exact) mass is 226 g/mol. The predicted molar refractivity (Wildman–Crippen MR) is 66.7 cm³/mol. The smallest absolute Gasteiger partial charge is 0.120 e. The average molecular weight is 226 g/mol. The van der Waals surface area contributed by atoms with E-state index in [2.05, 4.69) is 11.1 Å². The van der Waals surface area contributed by atoms with Crippen molar-refractivity contribution in [2.75, 3.05) is 0 Å². The van der Waals surface area contributed by atoms with Gasteiger partial charge in [-0.15, -0.1) is 0 Å². The van der Waals surface area contributed by atoms with Crippen LogP contribution >= 0.6 is 0 Å². The lowest BCUT2D eigenvalue weighted by atomic mass is 10.1. The molecule has 0 aliphatic heterocycles. The third kappa shape index (κ3) is 2.73. The minimum absolute atomic E-state index is 0.359. The maximum absolute atomic E-state index is 8.71. The Labute approximate surface area is 101 Å². The van der Waals surface area contributed by atoms with Crippen LogP contribution in [0.3, 0.4) is 0 Å². The first-order valence-electron chi connectivity index (χ1n) is 5.51. The molecule has 3 heteroatoms. The van der Waals surface area contributed by atoms with Crippen molar-refractivity contribution in [1.82, 2.24) is 4.98 Å². The van der Waals surface area contributed by atoms with Crippen molar-refractivity contribution in [3.63, 3.8) is 0 Å². The van der Waals surface area contributed by atoms with Crippen LogP contribution in [-0.2, 0) is 0 Å². The molecule has 0 spiro atoms. The molecule has 86 valence electrons. The van der Waals surface area contributed by atoms with E-state index < -0.39 is 5.60 Å². The molecule has 3 nitrogen and oxygen atoms in total. The third-order valence-corrected chi connectivity index (χ3v) is 2.47. The lowest BCUT2D eigenvalue weighted by Gasteiger charge is -2.23. The molecule has 0 unspecified atom stereocenters. The van der Waals surface area contributed by atoms with Crippen LogP contribution in [0.5, 0.6) is 5.75 Å². The summed E-state index contributed by atoms with van der Waals surface area (Å²) >= 11 is 0. The second-order valence-corrected chi connectivity index (χ2v) is 4.55. The van der Waals surface area contributed by atoms with Crippen molar-refractivity contribution in [3.05, 3.63) is 36.5 Å². The summed E-state index contributed by atoms with van der Waals surface area (Å²) in [6.07, 6.45) is 2.13. The molecule has 2 rings (SSSR count). The lowest BCUT2D eigenvalue weighted by molar-refractivity contribution is 0.115. The van der Waals surface area contributed by atoms with Gasteiger partial charge in [-0.3, -0.25) is 4.98 Å². The van der Waals surface area contributed by atoms with E-state index in [4.69, 9.17) is 10.00 Å². The first-order chi connectivity index (χ1) is 8.11. The van der Waals surface area contributed by atoms with Gasteiger partial charge in [-0.2, -0.15) is 5.26 Å². The van der Waals surface area contributed by atoms with Crippen LogP contribution < -0.4 is 4.74 Å². The van der Waals surface area contributed by atoms with Gasteiger partial charge >= 0.3 is 0 Å². The number of nitriles is 1. The molecule has 0 amide bonds. The van der Waals surface area contributed by atoms with Crippen molar-refractivity contribution >= 4 is 10.9 Å². The number of ether oxygens (including phenoxy) is 1. The zero-order chi connectivity index (χ0) is 12.3. The van der Waals surface area contributed by atoms with Crippen LogP contribution in [0.15, 0.2) is 36.5 Å². The van der Waals surface area contributed by atoms with Gasteiger partial charge in [-0.05, 0) is 38.1 Å². The van der Waals surface area contributed by atoms with E-state index in [0.29, 0.717) is 6.42 Å². The van der Waals surface area contributed by atoms with E-state index in [1.54, 1.807) is 6.20 Å². The Balaban J connectivity index is 2.28. The minimum Gasteiger partial charge on any atom is -0.487 e. The van der Waals surface area contributed by atoms with Gasteiger partial charge in [-0.1, -0.05) is 6.07 Å². The highest BCUT2D eigenvalue weighted by molar-refractivity contribution is 5.79. The zero-order valence-corrected chi connectivity index (χ0v) is 9.97. The molecule has 2 aromatic rings. The number of aromatic nitrogens is 1. The van der Waals surface area contributed by atoms with Crippen molar-refractivity contribution < 1.29 is 4.74 Å². The van der Waals surface area contributed by atoms with Gasteiger partial charge in [0.25, 0.3) is 0 Å². The maximum atomic E-state index is 8.71. The molecule has 0 aliphatic rings. The fourth-order valence-electron chi connectivity index (χ4n) is 1.66. The standard InChI is InChI=1S/C14H14N2O/c1-14(2,7-8-15)17-12-5-6-13-11(10-12)4-3-9-16-13/h3-6,9-10H,7H2,1-2H3. The van der Waals surface area contributed by atoms with E-state index in [-0.39, 0.29) is 0 Å². The molecule has 0 N–H and O–H groups in total. The van der Waals surface area contributed by atoms with Gasteiger partial charge in [-0.25, -0.2) is 0 Å². The van der Waals surface area contributed by atoms with E-state index >= 15 is 0 Å². The van der Waals surface area contributed by atoms with Crippen LogP contribution in [-0.4, -0.2) is 10.6 Å². The van der Waals surface area contributed by atoms with Gasteiger partial charge in [0.2, 0.25) is 0 Å². The molecule has 0 aliphatic carbocycles. The summed E-state index contributed by atoms with van der Waals surface area (Å²) in [4.78, 5) is 4.25. The van der Waals surface area contributed by atoms with Crippen molar-refractivity contribution in [3.8, 4) is 11.8 Å². The molecule has 0 atom stereocenters. The summed E-state index contributed by atoms with van der Waals surface area (Å²) in [5.41, 5.74) is 0.475. The molecule has 1 heterocycles. The highest BCUT2D eigenvalue weighted by Crippen LogP contribution is 2.24. The first kappa shape index (κ1) is 11.4. The highest BCUT2D eigenvalue weighted by Gasteiger charge is 2.19. The molecule has 0 fully saturated rings. The predicted octanol–water partition coefficient (Wildman–Crippen LogP) is 3.31. The average Bonchev–Trinajstić information content (AvgIpc) is 2.28. The van der Waals surface area contributed by atoms with Gasteiger partial charge in [0, 0.05) is 11.6 Å². The largest absolute Gasteiger partial charge is 0.487 e. The molecule has 17 heavy (non-hydrogen) atoms. The van der Waals surface area contributed by atoms with Gasteiger partial charge in [0.15, 0.2) is 0 Å². The van der Waals surface area contributed by atoms with Crippen LogP contribution in [0.4, 0.5) is 0 Å². The molecule has 0 radical (unpaired) electrons. The Morgan fingerprint density at radius 2 is 2.18 bits per heavy atom. The van der Waals surface area contributed by atoms with Crippen molar-refractivity contribution in [1.29, 1.82) is 5.26 Å². The summed E-state index contributed by atoms with van der Waals surface area (Å²) in [6, 6.07) is 11.8. The molecule has 0 saturated carbocycles. The van der Waals surface area contributed by atoms with Crippen LogP contribution in [0, 0.1) is 11.3 Å². The summed E-state index contributed by atoms with van der Waals surface area (Å²) < 4.78 is 5.80. The lowest BCUT2D eigenvalue weighted by Crippen LogP contribution is -2.27. The second-order valence-electron chi connectivity index (χ2n) is 4.55. The van der Waals surface area contributed by atoms with E-state index in [0.717, 1.165) is 16.7 Å². The normalized spacial score (nSPS) is 11.1. The fourth-order valence-corrected chi connectivity index (χ4v) is 1.66. The molecule has 0 saturated heterocycles. The fraction of sp³-hybridized carbons (Fsp3) is 0.286. The van der Waals surface area contributed by atoms with Crippen LogP contribution in [0.25, 0.3) is 10.9 Å². The Kier molecular flexibility index (Phi) is 2.97. The highest BCUT2D eigenvalue weighted by atomic mass is 16.5. The molecule has 1 aromatic heterocycles. The summed E-state index contributed by atoms with van der Waals surface area (Å²) in [5.74, 6) is 0.769. The summed E-state index contributed by atoms with van der Waals surface area (Å²) in [5, 5.41) is 9.75. The van der Waals surface area contributed by atoms with Gasteiger partial charge in [0.05, 0.1) is 18.0 Å². The Morgan fingerprint density at radius 3 is 2.94 bits per heavy atom. The van der Waals surface area contributed by atoms with E-state index in [1.165, 1.54) is 0 Å². The minimum atomic E-state index is -0.468. The van der Waals surface area contributed by atoms with Crippen LogP contribution in [0.2, 0.25) is 0 Å². The Morgan fingerprint density at radius 1 is 1.35 bits per heavy atom. The third-order valence-electron chi connectivity index (χ3n) is 2.47. The first-order valence-corrected chi connectivity index (χ1v) is 5.51. The number of hydrogen-bond donors (Lipinski definition) is 0. The summed E-state index contributed by atoms with van der Waals surface area (Å²) in [7, 11) is 0. The number of hydrogen-bond acceptors (Lipinski definition) is 3. The number of benzene rings is 1. The Hall–Kier alpha value is -2.08. The number of pyridine rings is 1. The molecule has 1 aromatic carbocycles. The molecular weight excluding hydrogens is 212 g/mol. The number of fused-ring (bicyclic) bond motifs is 1. The van der Waals surface area contributed by atoms with E-state index in [1.807, 2.05) is 44.2 Å². The molecule has 0 bridgehead atoms. The quantitative estimate of drug-likeness (QED) is 0.806. The maximum Gasteiger partial charge on any atom is 0.120 e. The van der Waals surface area contributed by atoms with Crippen molar-refractivity contribution in [2.24, 2.45) is 0 Å².